The van der Waals surface area contributed by atoms with E-state index in [0.29, 0.717) is 25.1 Å². The van der Waals surface area contributed by atoms with Gasteiger partial charge in [-0.2, -0.15) is 0 Å². The van der Waals surface area contributed by atoms with Crippen LogP contribution in [0.5, 0.6) is 5.75 Å². The van der Waals surface area contributed by atoms with Crippen LogP contribution in [0, 0.1) is 5.92 Å². The number of hydrogen-bond donors (Lipinski definition) is 1. The van der Waals surface area contributed by atoms with Gasteiger partial charge < -0.3 is 19.9 Å². The lowest BCUT2D eigenvalue weighted by atomic mass is 9.86. The number of carbonyl (C=O) groups is 4. The molecular formula is C46H58N6O5. The molecule has 0 spiro atoms. The summed E-state index contributed by atoms with van der Waals surface area (Å²) in [4.78, 5) is 64.8. The van der Waals surface area contributed by atoms with Gasteiger partial charge in [-0.25, -0.2) is 14.8 Å². The van der Waals surface area contributed by atoms with Gasteiger partial charge in [-0.15, -0.1) is 0 Å². The molecule has 6 rings (SSSR count). The van der Waals surface area contributed by atoms with Crippen molar-refractivity contribution in [3.05, 3.63) is 108 Å². The predicted molar refractivity (Wildman–Crippen MR) is 221 cm³/mol. The van der Waals surface area contributed by atoms with E-state index in [1.165, 1.54) is 25.7 Å². The molecule has 0 aliphatic carbocycles. The number of fused-ring (bicyclic) bond motifs is 2. The van der Waals surface area contributed by atoms with Crippen molar-refractivity contribution in [3.63, 3.8) is 0 Å². The van der Waals surface area contributed by atoms with E-state index in [9.17, 15) is 14.4 Å². The molecule has 4 atom stereocenters. The van der Waals surface area contributed by atoms with Gasteiger partial charge in [0, 0.05) is 38.1 Å². The van der Waals surface area contributed by atoms with Gasteiger partial charge in [0.05, 0.1) is 18.1 Å². The highest BCUT2D eigenvalue weighted by molar-refractivity contribution is 5.92. The van der Waals surface area contributed by atoms with Crippen molar-refractivity contribution in [1.29, 1.82) is 0 Å². The zero-order valence-corrected chi connectivity index (χ0v) is 33.7. The van der Waals surface area contributed by atoms with Gasteiger partial charge in [-0.3, -0.25) is 19.4 Å². The van der Waals surface area contributed by atoms with Crippen molar-refractivity contribution >= 4 is 34.7 Å². The Morgan fingerprint density at radius 2 is 1.56 bits per heavy atom. The first-order valence-electron chi connectivity index (χ1n) is 20.8. The summed E-state index contributed by atoms with van der Waals surface area (Å²) >= 11 is 0. The van der Waals surface area contributed by atoms with Crippen molar-refractivity contribution in [1.82, 2.24) is 30.1 Å². The van der Waals surface area contributed by atoms with E-state index < -0.39 is 18.2 Å². The van der Waals surface area contributed by atoms with E-state index in [2.05, 4.69) is 17.2 Å². The molecule has 302 valence electrons. The first-order valence-corrected chi connectivity index (χ1v) is 20.8. The summed E-state index contributed by atoms with van der Waals surface area (Å²) in [5.74, 6) is -0.233. The first-order chi connectivity index (χ1) is 27.7. The van der Waals surface area contributed by atoms with Gasteiger partial charge >= 0.3 is 12.0 Å². The third-order valence-electron chi connectivity index (χ3n) is 11.4. The standard InChI is InChI=1S/C46H58N6O5/c1-4-5-6-7-8-9-12-19-35(27-28-42(54)57-39-25-15-11-16-26-39)30-40-45(55)50(32-38-23-17-22-37-24-18-29-47-43(37)38)34(2)44-51(40)41(53)33-49(3)52(44)46(56)48-31-36-20-13-10-14-21-36/h10-11,13-18,20-26,29,34-35,40,44H,4-9,12,19,27-28,30-33H2,1-3H3,(H,48,56)/t34-,35?,40-,44?/m0/s1. The maximum absolute atomic E-state index is 15.0. The molecule has 2 unspecified atom stereocenters. The topological polar surface area (TPSA) is 115 Å². The fraction of sp³-hybridized carbons (Fsp3) is 0.457. The molecule has 1 aromatic heterocycles. The summed E-state index contributed by atoms with van der Waals surface area (Å²) in [5, 5.41) is 7.32. The summed E-state index contributed by atoms with van der Waals surface area (Å²) in [6, 6.07) is 26.9. The highest BCUT2D eigenvalue weighted by atomic mass is 16.5. The van der Waals surface area contributed by atoms with Crippen LogP contribution in [0.3, 0.4) is 0 Å². The Bertz CT molecular complexity index is 1940. The third-order valence-corrected chi connectivity index (χ3v) is 11.4. The predicted octanol–water partition coefficient (Wildman–Crippen LogP) is 8.09. The van der Waals surface area contributed by atoms with Crippen LogP contribution in [0.1, 0.15) is 95.6 Å². The van der Waals surface area contributed by atoms with Crippen LogP contribution in [0.25, 0.3) is 10.9 Å². The molecule has 1 N–H and O–H groups in total. The average Bonchev–Trinajstić information content (AvgIpc) is 3.22. The summed E-state index contributed by atoms with van der Waals surface area (Å²) < 4.78 is 5.66. The maximum Gasteiger partial charge on any atom is 0.334 e. The first kappa shape index (κ1) is 41.3. The summed E-state index contributed by atoms with van der Waals surface area (Å²) in [7, 11) is 1.75. The molecule has 57 heavy (non-hydrogen) atoms. The summed E-state index contributed by atoms with van der Waals surface area (Å²) in [6.07, 6.45) is 10.9. The van der Waals surface area contributed by atoms with Gasteiger partial charge in [0.2, 0.25) is 11.8 Å². The van der Waals surface area contributed by atoms with E-state index in [0.717, 1.165) is 47.7 Å². The summed E-state index contributed by atoms with van der Waals surface area (Å²) in [6.45, 7) is 4.66. The Balaban J connectivity index is 1.29. The van der Waals surface area contributed by atoms with Crippen molar-refractivity contribution < 1.29 is 23.9 Å². The quantitative estimate of drug-likeness (QED) is 0.0618. The van der Waals surface area contributed by atoms with Gasteiger partial charge in [-0.05, 0) is 55.0 Å². The molecule has 2 aliphatic rings. The number of aromatic nitrogens is 1. The molecule has 2 fully saturated rings. The van der Waals surface area contributed by atoms with Crippen LogP contribution >= 0.6 is 0 Å². The molecule has 3 aromatic carbocycles. The van der Waals surface area contributed by atoms with Crippen LogP contribution < -0.4 is 10.1 Å². The number of nitrogens with zero attached hydrogens (tertiary/aromatic N) is 5. The van der Waals surface area contributed by atoms with Crippen molar-refractivity contribution in [2.75, 3.05) is 13.6 Å². The number of para-hydroxylation sites is 2. The second-order valence-electron chi connectivity index (χ2n) is 15.6. The smallest absolute Gasteiger partial charge is 0.334 e. The molecule has 0 saturated carbocycles. The lowest BCUT2D eigenvalue weighted by Gasteiger charge is -2.57. The maximum atomic E-state index is 15.0. The fourth-order valence-corrected chi connectivity index (χ4v) is 8.41. The highest BCUT2D eigenvalue weighted by Gasteiger charge is 2.54. The molecule has 11 heteroatoms. The second-order valence-corrected chi connectivity index (χ2v) is 15.6. The number of pyridine rings is 1. The number of ether oxygens (including phenoxy) is 1. The zero-order chi connectivity index (χ0) is 40.1. The number of hydrazine groups is 1. The van der Waals surface area contributed by atoms with Crippen LogP contribution in [0.15, 0.2) is 97.2 Å². The van der Waals surface area contributed by atoms with Gasteiger partial charge in [0.15, 0.2) is 0 Å². The molecule has 0 bridgehead atoms. The van der Waals surface area contributed by atoms with Crippen LogP contribution in [-0.2, 0) is 27.5 Å². The zero-order valence-electron chi connectivity index (χ0n) is 33.7. The number of nitrogens with one attached hydrogen (secondary N) is 1. The van der Waals surface area contributed by atoms with E-state index in [4.69, 9.17) is 4.74 Å². The number of amides is 4. The van der Waals surface area contributed by atoms with Gasteiger partial charge in [0.25, 0.3) is 0 Å². The number of esters is 1. The number of benzene rings is 3. The van der Waals surface area contributed by atoms with Crippen LogP contribution in [0.4, 0.5) is 4.79 Å². The number of unbranched alkanes of at least 4 members (excludes halogenated alkanes) is 6. The Morgan fingerprint density at radius 1 is 0.860 bits per heavy atom. The molecule has 4 aromatic rings. The highest BCUT2D eigenvalue weighted by Crippen LogP contribution is 2.36. The number of likely N-dealkylation sites (N-methyl/N-ethyl adjacent to an activating group) is 1. The lowest BCUT2D eigenvalue weighted by Crippen LogP contribution is -2.78. The fourth-order valence-electron chi connectivity index (χ4n) is 8.41. The van der Waals surface area contributed by atoms with Crippen LogP contribution in [0.2, 0.25) is 0 Å². The van der Waals surface area contributed by atoms with Crippen LogP contribution in [-0.4, -0.2) is 80.5 Å². The Kier molecular flexibility index (Phi) is 14.7. The monoisotopic (exact) mass is 774 g/mol. The largest absolute Gasteiger partial charge is 0.427 e. The van der Waals surface area contributed by atoms with Crippen molar-refractivity contribution in [2.45, 2.75) is 116 Å². The SMILES string of the molecule is CCCCCCCCCC(CCC(=O)Oc1ccccc1)C[C@H]1C(=O)N(Cc2cccc3cccnc23)[C@@H](C)C2N1C(=O)CN(C)N2C(=O)NCc1ccccc1. The Labute approximate surface area is 337 Å². The Hall–Kier alpha value is -5.29. The molecule has 11 nitrogen and oxygen atoms in total. The number of urea groups is 1. The van der Waals surface area contributed by atoms with E-state index in [-0.39, 0.29) is 49.2 Å². The molecule has 4 amide bonds. The minimum Gasteiger partial charge on any atom is -0.427 e. The molecule has 3 heterocycles. The molecule has 2 saturated heterocycles. The number of rotatable bonds is 18. The van der Waals surface area contributed by atoms with E-state index in [1.54, 1.807) is 40.3 Å². The minimum atomic E-state index is -0.834. The second kappa shape index (κ2) is 20.2. The minimum absolute atomic E-state index is 0.0409. The van der Waals surface area contributed by atoms with E-state index >= 15 is 4.79 Å². The molecule has 2 aliphatic heterocycles. The van der Waals surface area contributed by atoms with Crippen molar-refractivity contribution in [3.8, 4) is 5.75 Å². The summed E-state index contributed by atoms with van der Waals surface area (Å²) in [5.41, 5.74) is 2.65. The Morgan fingerprint density at radius 3 is 2.32 bits per heavy atom. The average molecular weight is 775 g/mol. The number of piperazine rings is 1. The van der Waals surface area contributed by atoms with Crippen molar-refractivity contribution in [2.24, 2.45) is 5.92 Å². The van der Waals surface area contributed by atoms with E-state index in [1.807, 2.05) is 90.7 Å². The molecule has 0 radical (unpaired) electrons. The normalized spacial score (nSPS) is 19.1. The number of carbonyl (C=O) groups excluding carboxylic acids is 4. The lowest BCUT2D eigenvalue weighted by molar-refractivity contribution is -0.197. The third kappa shape index (κ3) is 10.6. The number of hydrogen-bond acceptors (Lipinski definition) is 7. The van der Waals surface area contributed by atoms with Gasteiger partial charge in [-0.1, -0.05) is 131 Å². The molecular weight excluding hydrogens is 717 g/mol. The van der Waals surface area contributed by atoms with Gasteiger partial charge in [0.1, 0.15) is 18.0 Å².